The minimum Gasteiger partial charge on any atom is -0.477 e. The second-order valence-electron chi connectivity index (χ2n) is 4.76. The van der Waals surface area contributed by atoms with Gasteiger partial charge in [-0.25, -0.2) is 9.97 Å². The van der Waals surface area contributed by atoms with Gasteiger partial charge in [0.05, 0.1) is 6.61 Å². The van der Waals surface area contributed by atoms with Crippen LogP contribution in [0.3, 0.4) is 0 Å². The average molecular weight is 249 g/mol. The number of carbonyl (C=O) groups excluding carboxylic acids is 1. The third-order valence-electron chi connectivity index (χ3n) is 3.31. The lowest BCUT2D eigenvalue weighted by Crippen LogP contribution is -2.38. The summed E-state index contributed by atoms with van der Waals surface area (Å²) in [6, 6.07) is 1.84. The normalized spacial score (nSPS) is 16.7. The maximum absolute atomic E-state index is 11.2. The predicted molar refractivity (Wildman–Crippen MR) is 67.2 cm³/mol. The maximum atomic E-state index is 11.2. The van der Waals surface area contributed by atoms with E-state index in [4.69, 9.17) is 4.74 Å². The number of rotatable bonds is 3. The Kier molecular flexibility index (Phi) is 4.12. The van der Waals surface area contributed by atoms with Crippen LogP contribution >= 0.6 is 0 Å². The van der Waals surface area contributed by atoms with E-state index < -0.39 is 0 Å². The van der Waals surface area contributed by atoms with Crippen LogP contribution in [0.15, 0.2) is 12.4 Å². The third kappa shape index (κ3) is 3.42. The van der Waals surface area contributed by atoms with E-state index in [1.165, 1.54) is 6.33 Å². The molecule has 0 radical (unpaired) electrons. The number of hydrogen-bond donors (Lipinski definition) is 0. The second kappa shape index (κ2) is 5.80. The summed E-state index contributed by atoms with van der Waals surface area (Å²) in [5.74, 6) is 1.31. The Balaban J connectivity index is 1.77. The van der Waals surface area contributed by atoms with E-state index in [1.807, 2.05) is 17.9 Å². The Bertz CT molecular complexity index is 414. The topological polar surface area (TPSA) is 55.3 Å². The van der Waals surface area contributed by atoms with Crippen LogP contribution in [-0.4, -0.2) is 40.5 Å². The largest absolute Gasteiger partial charge is 0.477 e. The van der Waals surface area contributed by atoms with Crippen molar-refractivity contribution < 1.29 is 9.53 Å². The van der Waals surface area contributed by atoms with Crippen LogP contribution in [0.5, 0.6) is 5.88 Å². The number of amides is 1. The standard InChI is InChI=1S/C13H19N3O2/c1-10-7-13(15-9-14-10)18-8-12-3-5-16(6-4-12)11(2)17/h7,9,12H,3-6,8H2,1-2H3. The molecule has 0 spiro atoms. The predicted octanol–water partition coefficient (Wildman–Crippen LogP) is 1.42. The van der Waals surface area contributed by atoms with Crippen molar-refractivity contribution in [2.45, 2.75) is 26.7 Å². The second-order valence-corrected chi connectivity index (χ2v) is 4.76. The van der Waals surface area contributed by atoms with E-state index in [-0.39, 0.29) is 5.91 Å². The highest BCUT2D eigenvalue weighted by Gasteiger charge is 2.21. The van der Waals surface area contributed by atoms with Crippen LogP contribution in [0.2, 0.25) is 0 Å². The molecule has 0 unspecified atom stereocenters. The molecule has 0 aromatic carbocycles. The fourth-order valence-electron chi connectivity index (χ4n) is 2.13. The molecule has 1 fully saturated rings. The van der Waals surface area contributed by atoms with Crippen molar-refractivity contribution >= 4 is 5.91 Å². The lowest BCUT2D eigenvalue weighted by molar-refractivity contribution is -0.130. The molecule has 0 bridgehead atoms. The quantitative estimate of drug-likeness (QED) is 0.813. The molecule has 5 nitrogen and oxygen atoms in total. The molecule has 18 heavy (non-hydrogen) atoms. The van der Waals surface area contributed by atoms with Crippen LogP contribution in [0, 0.1) is 12.8 Å². The van der Waals surface area contributed by atoms with Gasteiger partial charge in [0.25, 0.3) is 0 Å². The first kappa shape index (κ1) is 12.8. The Morgan fingerprint density at radius 3 is 2.78 bits per heavy atom. The van der Waals surface area contributed by atoms with Gasteiger partial charge in [-0.05, 0) is 25.7 Å². The van der Waals surface area contributed by atoms with E-state index in [1.54, 1.807) is 6.92 Å². The molecule has 1 aromatic heterocycles. The number of carbonyl (C=O) groups is 1. The zero-order chi connectivity index (χ0) is 13.0. The lowest BCUT2D eigenvalue weighted by Gasteiger charge is -2.30. The first-order valence-electron chi connectivity index (χ1n) is 6.32. The van der Waals surface area contributed by atoms with E-state index >= 15 is 0 Å². The highest BCUT2D eigenvalue weighted by Crippen LogP contribution is 2.18. The van der Waals surface area contributed by atoms with Gasteiger partial charge in [-0.2, -0.15) is 0 Å². The number of hydrogen-bond acceptors (Lipinski definition) is 4. The van der Waals surface area contributed by atoms with Crippen molar-refractivity contribution in [3.05, 3.63) is 18.1 Å². The van der Waals surface area contributed by atoms with Gasteiger partial charge in [-0.3, -0.25) is 4.79 Å². The molecule has 0 saturated carbocycles. The van der Waals surface area contributed by atoms with Crippen molar-refractivity contribution in [1.82, 2.24) is 14.9 Å². The summed E-state index contributed by atoms with van der Waals surface area (Å²) in [5.41, 5.74) is 0.909. The Labute approximate surface area is 107 Å². The zero-order valence-corrected chi connectivity index (χ0v) is 10.9. The summed E-state index contributed by atoms with van der Waals surface area (Å²) in [5, 5.41) is 0. The third-order valence-corrected chi connectivity index (χ3v) is 3.31. The monoisotopic (exact) mass is 249 g/mol. The van der Waals surface area contributed by atoms with Crippen LogP contribution in [0.25, 0.3) is 0 Å². The SMILES string of the molecule is CC(=O)N1CCC(COc2cc(C)ncn2)CC1. The van der Waals surface area contributed by atoms with Crippen molar-refractivity contribution in [2.75, 3.05) is 19.7 Å². The average Bonchev–Trinajstić information content (AvgIpc) is 2.37. The first-order chi connectivity index (χ1) is 8.65. The number of likely N-dealkylation sites (tertiary alicyclic amines) is 1. The molecule has 2 heterocycles. The molecule has 2 rings (SSSR count). The summed E-state index contributed by atoms with van der Waals surface area (Å²) in [6.07, 6.45) is 3.52. The number of aromatic nitrogens is 2. The smallest absolute Gasteiger partial charge is 0.219 e. The molecule has 0 aliphatic carbocycles. The van der Waals surface area contributed by atoms with Gasteiger partial charge in [-0.15, -0.1) is 0 Å². The number of nitrogens with zero attached hydrogens (tertiary/aromatic N) is 3. The van der Waals surface area contributed by atoms with Crippen LogP contribution < -0.4 is 4.74 Å². The van der Waals surface area contributed by atoms with Gasteiger partial charge >= 0.3 is 0 Å². The van der Waals surface area contributed by atoms with E-state index in [2.05, 4.69) is 9.97 Å². The molecular formula is C13H19N3O2. The summed E-state index contributed by atoms with van der Waals surface area (Å²) < 4.78 is 5.67. The Morgan fingerprint density at radius 1 is 1.44 bits per heavy atom. The number of ether oxygens (including phenoxy) is 1. The van der Waals surface area contributed by atoms with Crippen molar-refractivity contribution in [3.8, 4) is 5.88 Å². The summed E-state index contributed by atoms with van der Waals surface area (Å²) in [6.45, 7) is 5.89. The van der Waals surface area contributed by atoms with Crippen molar-refractivity contribution in [1.29, 1.82) is 0 Å². The van der Waals surface area contributed by atoms with Gasteiger partial charge in [0.15, 0.2) is 0 Å². The molecule has 1 saturated heterocycles. The molecule has 1 aliphatic heterocycles. The fourth-order valence-corrected chi connectivity index (χ4v) is 2.13. The van der Waals surface area contributed by atoms with Crippen molar-refractivity contribution in [3.63, 3.8) is 0 Å². The van der Waals surface area contributed by atoms with Crippen LogP contribution in [0.1, 0.15) is 25.5 Å². The molecular weight excluding hydrogens is 230 g/mol. The highest BCUT2D eigenvalue weighted by molar-refractivity contribution is 5.73. The minimum absolute atomic E-state index is 0.167. The zero-order valence-electron chi connectivity index (χ0n) is 10.9. The van der Waals surface area contributed by atoms with Gasteiger partial charge in [0.1, 0.15) is 6.33 Å². The molecule has 0 atom stereocenters. The molecule has 98 valence electrons. The Hall–Kier alpha value is -1.65. The molecule has 5 heteroatoms. The first-order valence-corrected chi connectivity index (χ1v) is 6.32. The molecule has 1 amide bonds. The highest BCUT2D eigenvalue weighted by atomic mass is 16.5. The number of piperidine rings is 1. The molecule has 0 N–H and O–H groups in total. The maximum Gasteiger partial charge on any atom is 0.219 e. The summed E-state index contributed by atoms with van der Waals surface area (Å²) in [7, 11) is 0. The van der Waals surface area contributed by atoms with Gasteiger partial charge in [-0.1, -0.05) is 0 Å². The van der Waals surface area contributed by atoms with Gasteiger partial charge in [0, 0.05) is 31.8 Å². The van der Waals surface area contributed by atoms with Gasteiger partial charge in [0.2, 0.25) is 11.8 Å². The molecule has 1 aliphatic rings. The van der Waals surface area contributed by atoms with E-state index in [9.17, 15) is 4.79 Å². The summed E-state index contributed by atoms with van der Waals surface area (Å²) >= 11 is 0. The number of aryl methyl sites for hydroxylation is 1. The van der Waals surface area contributed by atoms with Crippen molar-refractivity contribution in [2.24, 2.45) is 5.92 Å². The molecule has 1 aromatic rings. The Morgan fingerprint density at radius 2 is 2.17 bits per heavy atom. The van der Waals surface area contributed by atoms with Gasteiger partial charge < -0.3 is 9.64 Å². The van der Waals surface area contributed by atoms with Crippen LogP contribution in [0.4, 0.5) is 0 Å². The minimum atomic E-state index is 0.167. The van der Waals surface area contributed by atoms with E-state index in [0.717, 1.165) is 31.6 Å². The van der Waals surface area contributed by atoms with E-state index in [0.29, 0.717) is 18.4 Å². The summed E-state index contributed by atoms with van der Waals surface area (Å²) in [4.78, 5) is 21.2. The lowest BCUT2D eigenvalue weighted by atomic mass is 9.98. The van der Waals surface area contributed by atoms with Crippen LogP contribution in [-0.2, 0) is 4.79 Å². The fraction of sp³-hybridized carbons (Fsp3) is 0.615.